The highest BCUT2D eigenvalue weighted by atomic mass is 16.5. The Labute approximate surface area is 199 Å². The second-order valence-corrected chi connectivity index (χ2v) is 9.08. The molecule has 182 valence electrons. The van der Waals surface area contributed by atoms with E-state index in [9.17, 15) is 33.9 Å². The van der Waals surface area contributed by atoms with Crippen LogP contribution in [0, 0.1) is 29.6 Å². The van der Waals surface area contributed by atoms with Crippen LogP contribution in [0.3, 0.4) is 0 Å². The number of phenolic OH excluding ortho intramolecular Hbond substituents is 1. The van der Waals surface area contributed by atoms with Crippen LogP contribution in [0.2, 0.25) is 0 Å². The predicted molar refractivity (Wildman–Crippen MR) is 114 cm³/mol. The number of ether oxygens (including phenoxy) is 2. The molecular weight excluding hydrogens is 460 g/mol. The molecule has 0 bridgehead atoms. The van der Waals surface area contributed by atoms with Crippen molar-refractivity contribution in [2.24, 2.45) is 29.6 Å². The van der Waals surface area contributed by atoms with Crippen LogP contribution >= 0.6 is 0 Å². The number of likely N-dealkylation sites (tertiary alicyclic amines) is 2. The molecule has 2 heterocycles. The van der Waals surface area contributed by atoms with Gasteiger partial charge in [-0.1, -0.05) is 23.8 Å². The smallest absolute Gasteiger partial charge is 0.423 e. The average Bonchev–Trinajstić information content (AvgIpc) is 3.26. The molecule has 5 rings (SSSR count). The number of amides is 6. The van der Waals surface area contributed by atoms with Crippen LogP contribution in [0.5, 0.6) is 5.75 Å². The number of hydrogen-bond acceptors (Lipinski definition) is 9. The maximum atomic E-state index is 13.3. The van der Waals surface area contributed by atoms with E-state index in [1.54, 1.807) is 18.2 Å². The van der Waals surface area contributed by atoms with Crippen molar-refractivity contribution in [3.05, 3.63) is 41.5 Å². The van der Waals surface area contributed by atoms with Crippen LogP contribution in [0.25, 0.3) is 0 Å². The van der Waals surface area contributed by atoms with Crippen molar-refractivity contribution >= 4 is 35.8 Å². The molecule has 2 aliphatic heterocycles. The lowest BCUT2D eigenvalue weighted by atomic mass is 9.57. The molecule has 4 aliphatic rings. The summed E-state index contributed by atoms with van der Waals surface area (Å²) >= 11 is 0. The molecule has 2 aliphatic carbocycles. The zero-order valence-electron chi connectivity index (χ0n) is 18.9. The van der Waals surface area contributed by atoms with Gasteiger partial charge < -0.3 is 14.6 Å². The van der Waals surface area contributed by atoms with Gasteiger partial charge >= 0.3 is 12.2 Å². The fourth-order valence-corrected chi connectivity index (χ4v) is 6.19. The summed E-state index contributed by atoms with van der Waals surface area (Å²) in [7, 11) is 2.14. The maximum absolute atomic E-state index is 13.3. The first-order valence-corrected chi connectivity index (χ1v) is 11.1. The number of allylic oxidation sites excluding steroid dienone is 2. The molecule has 3 fully saturated rings. The highest BCUT2D eigenvalue weighted by Crippen LogP contribution is 2.58. The molecule has 1 N–H and O–H groups in total. The van der Waals surface area contributed by atoms with Crippen molar-refractivity contribution in [1.29, 1.82) is 0 Å². The highest BCUT2D eigenvalue weighted by molar-refractivity contribution is 6.17. The third kappa shape index (κ3) is 3.10. The minimum atomic E-state index is -1.09. The first kappa shape index (κ1) is 22.8. The molecule has 1 saturated carbocycles. The first-order chi connectivity index (χ1) is 16.7. The van der Waals surface area contributed by atoms with Gasteiger partial charge in [0.15, 0.2) is 0 Å². The number of nitrogens with zero attached hydrogens (tertiary/aromatic N) is 2. The number of hydrogen-bond donors (Lipinski definition) is 1. The number of benzene rings is 1. The Balaban J connectivity index is 1.62. The molecule has 6 amide bonds. The quantitative estimate of drug-likeness (QED) is 0.465. The lowest BCUT2D eigenvalue weighted by molar-refractivity contribution is -0.139. The Hall–Kier alpha value is -4.02. The van der Waals surface area contributed by atoms with Crippen molar-refractivity contribution in [1.82, 2.24) is 9.80 Å². The molecule has 0 spiro atoms. The van der Waals surface area contributed by atoms with E-state index in [4.69, 9.17) is 0 Å². The maximum Gasteiger partial charge on any atom is 0.423 e. The Morgan fingerprint density at radius 1 is 0.800 bits per heavy atom. The van der Waals surface area contributed by atoms with Gasteiger partial charge in [-0.3, -0.25) is 19.2 Å². The van der Waals surface area contributed by atoms with Gasteiger partial charge in [-0.25, -0.2) is 9.59 Å². The number of aromatic hydroxyl groups is 1. The monoisotopic (exact) mass is 482 g/mol. The average molecular weight is 482 g/mol. The number of carbonyl (C=O) groups is 6. The summed E-state index contributed by atoms with van der Waals surface area (Å²) in [5, 5.41) is 9.77. The van der Waals surface area contributed by atoms with Crippen molar-refractivity contribution in [3.63, 3.8) is 0 Å². The summed E-state index contributed by atoms with van der Waals surface area (Å²) in [4.78, 5) is 78.1. The van der Waals surface area contributed by atoms with Gasteiger partial charge in [-0.15, -0.1) is 0 Å². The lowest BCUT2D eigenvalue weighted by Gasteiger charge is -2.43. The number of rotatable bonds is 1. The van der Waals surface area contributed by atoms with Gasteiger partial charge in [0.05, 0.1) is 37.9 Å². The van der Waals surface area contributed by atoms with E-state index < -0.39 is 71.3 Å². The van der Waals surface area contributed by atoms with Gasteiger partial charge in [0, 0.05) is 5.92 Å². The largest absolute Gasteiger partial charge is 0.508 e. The summed E-state index contributed by atoms with van der Waals surface area (Å²) < 4.78 is 9.27. The zero-order chi connectivity index (χ0) is 25.2. The Bertz CT molecular complexity index is 1200. The van der Waals surface area contributed by atoms with E-state index in [1.165, 1.54) is 12.1 Å². The van der Waals surface area contributed by atoms with E-state index in [0.717, 1.165) is 14.2 Å². The van der Waals surface area contributed by atoms with Crippen LogP contribution in [-0.4, -0.2) is 64.9 Å². The van der Waals surface area contributed by atoms with Gasteiger partial charge in [-0.05, 0) is 36.5 Å². The number of carbonyl (C=O) groups excluding carboxylic acids is 6. The number of imide groups is 6. The van der Waals surface area contributed by atoms with Crippen LogP contribution in [0.4, 0.5) is 9.59 Å². The van der Waals surface area contributed by atoms with E-state index in [2.05, 4.69) is 9.47 Å². The van der Waals surface area contributed by atoms with Crippen LogP contribution in [0.1, 0.15) is 24.3 Å². The first-order valence-electron chi connectivity index (χ1n) is 11.1. The predicted octanol–water partition coefficient (Wildman–Crippen LogP) is 1.56. The second kappa shape index (κ2) is 8.03. The summed E-state index contributed by atoms with van der Waals surface area (Å²) in [6.45, 7) is 0. The molecule has 2 saturated heterocycles. The standard InChI is InChI=1S/C24H22N2O9/c1-34-23(32)25-19(28)13-8-7-12-14(17(13)21(25)30)9-15-18(16(12)10-3-5-11(27)6-4-10)22(31)26(20(15)29)24(33)35-2/h3-7,13-18,27H,8-9H2,1-2H3. The Kier molecular flexibility index (Phi) is 5.22. The van der Waals surface area contributed by atoms with Crippen LogP contribution in [-0.2, 0) is 28.7 Å². The van der Waals surface area contributed by atoms with Crippen LogP contribution < -0.4 is 0 Å². The number of fused-ring (bicyclic) bond motifs is 4. The van der Waals surface area contributed by atoms with E-state index in [0.29, 0.717) is 20.9 Å². The molecule has 1 aromatic rings. The lowest BCUT2D eigenvalue weighted by Crippen LogP contribution is -2.43. The minimum Gasteiger partial charge on any atom is -0.508 e. The van der Waals surface area contributed by atoms with E-state index >= 15 is 0 Å². The van der Waals surface area contributed by atoms with Crippen LogP contribution in [0.15, 0.2) is 35.9 Å². The molecule has 35 heavy (non-hydrogen) atoms. The Morgan fingerprint density at radius 3 is 1.91 bits per heavy atom. The Morgan fingerprint density at radius 2 is 1.34 bits per heavy atom. The molecule has 1 aromatic carbocycles. The molecular formula is C24H22N2O9. The van der Waals surface area contributed by atoms with Gasteiger partial charge in [0.2, 0.25) is 23.6 Å². The molecule has 6 atom stereocenters. The topological polar surface area (TPSA) is 148 Å². The summed E-state index contributed by atoms with van der Waals surface area (Å²) in [6.07, 6.45) is -0.132. The normalized spacial score (nSPS) is 31.5. The highest BCUT2D eigenvalue weighted by Gasteiger charge is 2.63. The third-order valence-corrected chi connectivity index (χ3v) is 7.62. The fourth-order valence-electron chi connectivity index (χ4n) is 6.19. The van der Waals surface area contributed by atoms with Crippen molar-refractivity contribution in [2.75, 3.05) is 14.2 Å². The summed E-state index contributed by atoms with van der Waals surface area (Å²) in [5.74, 6) is -7.63. The zero-order valence-corrected chi connectivity index (χ0v) is 18.9. The number of methoxy groups -OCH3 is 2. The fraction of sp³-hybridized carbons (Fsp3) is 0.417. The minimum absolute atomic E-state index is 0.00523. The molecule has 6 unspecified atom stereocenters. The van der Waals surface area contributed by atoms with Gasteiger partial charge in [0.1, 0.15) is 5.75 Å². The van der Waals surface area contributed by atoms with Gasteiger partial charge in [0.25, 0.3) is 0 Å². The third-order valence-electron chi connectivity index (χ3n) is 7.62. The molecule has 0 radical (unpaired) electrons. The second-order valence-electron chi connectivity index (χ2n) is 9.08. The summed E-state index contributed by atoms with van der Waals surface area (Å²) in [6, 6.07) is 6.13. The van der Waals surface area contributed by atoms with E-state index in [-0.39, 0.29) is 18.6 Å². The summed E-state index contributed by atoms with van der Waals surface area (Å²) in [5.41, 5.74) is 1.31. The molecule has 0 aromatic heterocycles. The number of phenols is 1. The van der Waals surface area contributed by atoms with Crippen molar-refractivity contribution < 1.29 is 43.3 Å². The molecule has 11 heteroatoms. The van der Waals surface area contributed by atoms with Crippen molar-refractivity contribution in [3.8, 4) is 5.75 Å². The SMILES string of the molecule is COC(=O)N1C(=O)C2CC=C3C(CC4C(=O)N(C(=O)OC)C(=O)C4C3c3ccc(O)cc3)C2C1=O. The van der Waals surface area contributed by atoms with E-state index in [1.807, 2.05) is 0 Å². The van der Waals surface area contributed by atoms with Gasteiger partial charge in [-0.2, -0.15) is 9.80 Å². The molecule has 11 nitrogen and oxygen atoms in total. The van der Waals surface area contributed by atoms with Crippen molar-refractivity contribution in [2.45, 2.75) is 18.8 Å².